The van der Waals surface area contributed by atoms with E-state index in [2.05, 4.69) is 45.1 Å². The number of alkyl halides is 3. The summed E-state index contributed by atoms with van der Waals surface area (Å²) < 4.78 is 38.4. The highest BCUT2D eigenvalue weighted by molar-refractivity contribution is 5.77. The summed E-state index contributed by atoms with van der Waals surface area (Å²) in [4.78, 5) is 30.6. The van der Waals surface area contributed by atoms with Gasteiger partial charge >= 0.3 is 12.1 Å². The third-order valence-electron chi connectivity index (χ3n) is 7.32. The fraction of sp³-hybridized carbons (Fsp3) is 0.519. The number of aromatic nitrogens is 1. The molecule has 1 N–H and O–H groups in total. The highest BCUT2D eigenvalue weighted by atomic mass is 19.4. The highest BCUT2D eigenvalue weighted by Crippen LogP contribution is 2.46. The summed E-state index contributed by atoms with van der Waals surface area (Å²) in [6.45, 7) is 4.83. The number of piperidine rings is 1. The minimum Gasteiger partial charge on any atom is -0.487 e. The molecule has 1 unspecified atom stereocenters. The number of carboxylic acid groups (broad SMARTS) is 1. The van der Waals surface area contributed by atoms with Crippen LogP contribution in [-0.2, 0) is 16.1 Å². The van der Waals surface area contributed by atoms with E-state index in [4.69, 9.17) is 14.6 Å². The van der Waals surface area contributed by atoms with Gasteiger partial charge in [-0.25, -0.2) is 4.79 Å². The molecule has 2 fully saturated rings. The molecule has 0 aliphatic carbocycles. The van der Waals surface area contributed by atoms with Crippen molar-refractivity contribution in [3.05, 3.63) is 59.9 Å². The number of nitrogens with zero attached hydrogens (tertiary/aromatic N) is 3. The SMILES string of the molecule is O=C(CC1CC2(CCN(Cc3cccnc3)CC2)Oc2ccccc21)N1CCCC1.O=C(O)C(F)(F)F. The summed E-state index contributed by atoms with van der Waals surface area (Å²) in [7, 11) is 0. The molecule has 1 aromatic heterocycles. The van der Waals surface area contributed by atoms with Gasteiger partial charge in [-0.15, -0.1) is 0 Å². The Bertz CT molecular complexity index is 1070. The second-order valence-electron chi connectivity index (χ2n) is 9.96. The monoisotopic (exact) mass is 519 g/mol. The molecule has 0 bridgehead atoms. The summed E-state index contributed by atoms with van der Waals surface area (Å²) >= 11 is 0. The van der Waals surface area contributed by atoms with Crippen molar-refractivity contribution in [3.63, 3.8) is 0 Å². The zero-order valence-corrected chi connectivity index (χ0v) is 20.6. The molecule has 1 spiro atoms. The molecule has 4 heterocycles. The number of likely N-dealkylation sites (tertiary alicyclic amines) is 2. The first-order valence-electron chi connectivity index (χ1n) is 12.6. The summed E-state index contributed by atoms with van der Waals surface area (Å²) in [5.41, 5.74) is 2.33. The van der Waals surface area contributed by atoms with Crippen molar-refractivity contribution in [2.45, 2.75) is 62.8 Å². The lowest BCUT2D eigenvalue weighted by atomic mass is 9.76. The summed E-state index contributed by atoms with van der Waals surface area (Å²) in [5.74, 6) is -1.19. The maximum atomic E-state index is 12.9. The van der Waals surface area contributed by atoms with Gasteiger partial charge in [0.25, 0.3) is 0 Å². The molecule has 7 nitrogen and oxygen atoms in total. The van der Waals surface area contributed by atoms with Gasteiger partial charge < -0.3 is 14.7 Å². The van der Waals surface area contributed by atoms with E-state index in [1.54, 1.807) is 0 Å². The lowest BCUT2D eigenvalue weighted by Gasteiger charge is -2.47. The Labute approximate surface area is 214 Å². The summed E-state index contributed by atoms with van der Waals surface area (Å²) in [5, 5.41) is 7.12. The number of carbonyl (C=O) groups excluding carboxylic acids is 1. The Hall–Kier alpha value is -3.14. The number of amides is 1. The summed E-state index contributed by atoms with van der Waals surface area (Å²) in [6, 6.07) is 12.5. The number of rotatable bonds is 4. The number of aliphatic carboxylic acids is 1. The van der Waals surface area contributed by atoms with Gasteiger partial charge in [-0.3, -0.25) is 14.7 Å². The fourth-order valence-corrected chi connectivity index (χ4v) is 5.41. The van der Waals surface area contributed by atoms with Gasteiger partial charge in [0.15, 0.2) is 0 Å². The predicted molar refractivity (Wildman–Crippen MR) is 130 cm³/mol. The van der Waals surface area contributed by atoms with Crippen molar-refractivity contribution < 1.29 is 32.6 Å². The Balaban J connectivity index is 0.000000405. The number of hydrogen-bond acceptors (Lipinski definition) is 5. The Morgan fingerprint density at radius 2 is 1.73 bits per heavy atom. The molecular weight excluding hydrogens is 487 g/mol. The third-order valence-corrected chi connectivity index (χ3v) is 7.32. The van der Waals surface area contributed by atoms with Crippen LogP contribution in [0.4, 0.5) is 13.2 Å². The van der Waals surface area contributed by atoms with Gasteiger partial charge in [0.05, 0.1) is 0 Å². The Morgan fingerprint density at radius 3 is 2.35 bits per heavy atom. The number of halogens is 3. The second kappa shape index (κ2) is 11.5. The maximum absolute atomic E-state index is 12.9. The van der Waals surface area contributed by atoms with Crippen LogP contribution in [0.15, 0.2) is 48.8 Å². The van der Waals surface area contributed by atoms with Gasteiger partial charge in [-0.1, -0.05) is 24.3 Å². The summed E-state index contributed by atoms with van der Waals surface area (Å²) in [6.07, 6.45) is 4.57. The first kappa shape index (κ1) is 26.9. The minimum atomic E-state index is -5.08. The van der Waals surface area contributed by atoms with Gasteiger partial charge in [0.2, 0.25) is 5.91 Å². The largest absolute Gasteiger partial charge is 0.490 e. The van der Waals surface area contributed by atoms with E-state index >= 15 is 0 Å². The average Bonchev–Trinajstić information content (AvgIpc) is 3.42. The molecule has 2 aromatic rings. The molecule has 1 amide bonds. The number of ether oxygens (including phenoxy) is 1. The highest BCUT2D eigenvalue weighted by Gasteiger charge is 2.44. The first-order chi connectivity index (χ1) is 17.7. The van der Waals surface area contributed by atoms with Crippen LogP contribution in [0, 0.1) is 0 Å². The maximum Gasteiger partial charge on any atom is 0.490 e. The molecular formula is C27H32F3N3O4. The lowest BCUT2D eigenvalue weighted by Crippen LogP contribution is -2.50. The topological polar surface area (TPSA) is 83.0 Å². The molecule has 3 aliphatic rings. The van der Waals surface area contributed by atoms with Crippen LogP contribution in [0.5, 0.6) is 5.75 Å². The molecule has 3 aliphatic heterocycles. The van der Waals surface area contributed by atoms with Crippen LogP contribution >= 0.6 is 0 Å². The lowest BCUT2D eigenvalue weighted by molar-refractivity contribution is -0.192. The van der Waals surface area contributed by atoms with E-state index in [-0.39, 0.29) is 11.5 Å². The smallest absolute Gasteiger partial charge is 0.487 e. The van der Waals surface area contributed by atoms with Crippen LogP contribution in [0.25, 0.3) is 0 Å². The van der Waals surface area contributed by atoms with Crippen molar-refractivity contribution in [2.24, 2.45) is 0 Å². The molecule has 2 saturated heterocycles. The number of benzene rings is 1. The molecule has 37 heavy (non-hydrogen) atoms. The third kappa shape index (κ3) is 7.00. The molecule has 0 saturated carbocycles. The van der Waals surface area contributed by atoms with E-state index in [1.807, 2.05) is 18.5 Å². The second-order valence-corrected chi connectivity index (χ2v) is 9.96. The van der Waals surface area contributed by atoms with Gasteiger partial charge in [0.1, 0.15) is 11.4 Å². The van der Waals surface area contributed by atoms with Crippen molar-refractivity contribution in [1.82, 2.24) is 14.8 Å². The van der Waals surface area contributed by atoms with Crippen molar-refractivity contribution in [2.75, 3.05) is 26.2 Å². The number of fused-ring (bicyclic) bond motifs is 1. The van der Waals surface area contributed by atoms with Crippen LogP contribution in [0.2, 0.25) is 0 Å². The van der Waals surface area contributed by atoms with E-state index in [0.717, 1.165) is 70.6 Å². The van der Waals surface area contributed by atoms with Gasteiger partial charge in [-0.05, 0) is 55.4 Å². The fourth-order valence-electron chi connectivity index (χ4n) is 5.41. The van der Waals surface area contributed by atoms with Crippen LogP contribution < -0.4 is 4.74 Å². The van der Waals surface area contributed by atoms with Crippen molar-refractivity contribution in [1.29, 1.82) is 0 Å². The van der Waals surface area contributed by atoms with Crippen LogP contribution in [0.1, 0.15) is 55.6 Å². The van der Waals surface area contributed by atoms with Gasteiger partial charge in [-0.2, -0.15) is 13.2 Å². The number of pyridine rings is 1. The number of hydrogen-bond donors (Lipinski definition) is 1. The Kier molecular flexibility index (Phi) is 8.36. The molecule has 5 rings (SSSR count). The normalized spacial score (nSPS) is 20.9. The molecule has 0 radical (unpaired) electrons. The van der Waals surface area contributed by atoms with Crippen LogP contribution in [-0.4, -0.2) is 69.7 Å². The first-order valence-corrected chi connectivity index (χ1v) is 12.6. The van der Waals surface area contributed by atoms with Crippen molar-refractivity contribution in [3.8, 4) is 5.75 Å². The number of carboxylic acids is 1. The zero-order valence-electron chi connectivity index (χ0n) is 20.6. The quantitative estimate of drug-likeness (QED) is 0.635. The molecule has 1 atom stereocenters. The minimum absolute atomic E-state index is 0.143. The average molecular weight is 520 g/mol. The predicted octanol–water partition coefficient (Wildman–Crippen LogP) is 4.63. The van der Waals surface area contributed by atoms with Crippen LogP contribution in [0.3, 0.4) is 0 Å². The molecule has 200 valence electrons. The van der Waals surface area contributed by atoms with E-state index in [9.17, 15) is 18.0 Å². The number of carbonyl (C=O) groups is 2. The number of para-hydroxylation sites is 1. The zero-order chi connectivity index (χ0) is 26.5. The van der Waals surface area contributed by atoms with Gasteiger partial charge in [0, 0.05) is 57.5 Å². The Morgan fingerprint density at radius 1 is 1.05 bits per heavy atom. The van der Waals surface area contributed by atoms with E-state index in [0.29, 0.717) is 12.3 Å². The standard InChI is InChI=1S/C25H31N3O2.C2HF3O2/c29-24(28-12-3-4-13-28)16-21-17-25(30-23-8-2-1-7-22(21)23)9-14-27(15-10-25)19-20-6-5-11-26-18-20;3-2(4,5)1(6)7/h1-2,5-8,11,18,21H,3-4,9-10,12-17,19H2;(H,6,7). The van der Waals surface area contributed by atoms with E-state index < -0.39 is 12.1 Å². The molecule has 1 aromatic carbocycles. The van der Waals surface area contributed by atoms with Crippen molar-refractivity contribution >= 4 is 11.9 Å². The molecule has 10 heteroatoms. The van der Waals surface area contributed by atoms with E-state index in [1.165, 1.54) is 11.1 Å².